The van der Waals surface area contributed by atoms with Gasteiger partial charge in [-0.1, -0.05) is 29.8 Å². The summed E-state index contributed by atoms with van der Waals surface area (Å²) < 4.78 is 13.6. The molecule has 0 atom stereocenters. The lowest BCUT2D eigenvalue weighted by atomic mass is 10.1. The molecule has 2 amide bonds. The smallest absolute Gasteiger partial charge is 0.265 e. The molecule has 0 aliphatic heterocycles. The van der Waals surface area contributed by atoms with Gasteiger partial charge >= 0.3 is 0 Å². The Labute approximate surface area is 165 Å². The van der Waals surface area contributed by atoms with Gasteiger partial charge in [0.25, 0.3) is 11.8 Å². The number of aryl methyl sites for hydroxylation is 1. The fraction of sp³-hybridized carbons (Fsp3) is 0.100. The van der Waals surface area contributed by atoms with Crippen LogP contribution in [0, 0.1) is 12.7 Å². The first-order chi connectivity index (χ1) is 12.9. The van der Waals surface area contributed by atoms with E-state index in [1.54, 1.807) is 48.7 Å². The van der Waals surface area contributed by atoms with E-state index >= 15 is 0 Å². The number of nitrogens with one attached hydrogen (secondary N) is 2. The minimum absolute atomic E-state index is 0.190. The predicted molar refractivity (Wildman–Crippen MR) is 106 cm³/mol. The third-order valence-electron chi connectivity index (χ3n) is 3.91. The summed E-state index contributed by atoms with van der Waals surface area (Å²) in [6.07, 6.45) is 0. The minimum Gasteiger partial charge on any atom is -0.348 e. The van der Waals surface area contributed by atoms with Gasteiger partial charge in [0.1, 0.15) is 5.82 Å². The molecule has 4 nitrogen and oxygen atoms in total. The van der Waals surface area contributed by atoms with Crippen LogP contribution < -0.4 is 10.6 Å². The SMILES string of the molecule is Cc1ccc(CNC(=O)c2ccc(Cl)c(NC(=O)c3cccs3)c2)cc1F. The Morgan fingerprint density at radius 1 is 1.11 bits per heavy atom. The summed E-state index contributed by atoms with van der Waals surface area (Å²) in [5.74, 6) is -0.953. The van der Waals surface area contributed by atoms with Crippen LogP contribution >= 0.6 is 22.9 Å². The zero-order chi connectivity index (χ0) is 19.4. The highest BCUT2D eigenvalue weighted by molar-refractivity contribution is 7.12. The number of hydrogen-bond donors (Lipinski definition) is 2. The maximum Gasteiger partial charge on any atom is 0.265 e. The van der Waals surface area contributed by atoms with Crippen molar-refractivity contribution >= 4 is 40.4 Å². The van der Waals surface area contributed by atoms with Crippen molar-refractivity contribution in [3.63, 3.8) is 0 Å². The van der Waals surface area contributed by atoms with Gasteiger partial charge in [-0.3, -0.25) is 9.59 Å². The molecule has 2 aromatic carbocycles. The van der Waals surface area contributed by atoms with Crippen molar-refractivity contribution in [3.05, 3.63) is 86.3 Å². The highest BCUT2D eigenvalue weighted by Gasteiger charge is 2.13. The van der Waals surface area contributed by atoms with E-state index in [1.807, 2.05) is 0 Å². The molecule has 0 saturated carbocycles. The van der Waals surface area contributed by atoms with Crippen molar-refractivity contribution < 1.29 is 14.0 Å². The maximum absolute atomic E-state index is 13.6. The Morgan fingerprint density at radius 3 is 2.63 bits per heavy atom. The molecule has 0 fully saturated rings. The monoisotopic (exact) mass is 402 g/mol. The van der Waals surface area contributed by atoms with Crippen molar-refractivity contribution in [2.75, 3.05) is 5.32 Å². The van der Waals surface area contributed by atoms with Gasteiger partial charge in [-0.25, -0.2) is 4.39 Å². The lowest BCUT2D eigenvalue weighted by Gasteiger charge is -2.10. The van der Waals surface area contributed by atoms with Crippen molar-refractivity contribution in [2.24, 2.45) is 0 Å². The Hall–Kier alpha value is -2.70. The highest BCUT2D eigenvalue weighted by Crippen LogP contribution is 2.24. The van der Waals surface area contributed by atoms with Crippen LogP contribution in [0.1, 0.15) is 31.2 Å². The minimum atomic E-state index is -0.348. The van der Waals surface area contributed by atoms with Crippen LogP contribution in [-0.2, 0) is 6.54 Å². The van der Waals surface area contributed by atoms with Crippen molar-refractivity contribution in [1.29, 1.82) is 0 Å². The molecule has 0 aliphatic carbocycles. The fourth-order valence-corrected chi connectivity index (χ4v) is 3.17. The van der Waals surface area contributed by atoms with Crippen LogP contribution in [0.5, 0.6) is 0 Å². The van der Waals surface area contributed by atoms with Crippen molar-refractivity contribution in [2.45, 2.75) is 13.5 Å². The molecule has 0 aliphatic rings. The van der Waals surface area contributed by atoms with Crippen LogP contribution in [0.2, 0.25) is 5.02 Å². The number of anilines is 1. The second-order valence-corrected chi connectivity index (χ2v) is 7.25. The van der Waals surface area contributed by atoms with Gasteiger partial charge in [0.2, 0.25) is 0 Å². The molecule has 3 aromatic rings. The third-order valence-corrected chi connectivity index (χ3v) is 5.11. The van der Waals surface area contributed by atoms with Gasteiger partial charge in [0.15, 0.2) is 0 Å². The van der Waals surface area contributed by atoms with Crippen LogP contribution in [0.25, 0.3) is 0 Å². The summed E-state index contributed by atoms with van der Waals surface area (Å²) in [5, 5.41) is 7.57. The first kappa shape index (κ1) is 19.1. The summed E-state index contributed by atoms with van der Waals surface area (Å²) >= 11 is 7.44. The van der Waals surface area contributed by atoms with E-state index in [1.165, 1.54) is 23.5 Å². The van der Waals surface area contributed by atoms with Crippen LogP contribution in [-0.4, -0.2) is 11.8 Å². The molecule has 0 spiro atoms. The summed E-state index contributed by atoms with van der Waals surface area (Å²) in [7, 11) is 0. The van der Waals surface area contributed by atoms with Gasteiger partial charge < -0.3 is 10.6 Å². The zero-order valence-electron chi connectivity index (χ0n) is 14.4. The molecule has 0 bridgehead atoms. The molecule has 0 saturated heterocycles. The fourth-order valence-electron chi connectivity index (χ4n) is 2.38. The normalized spacial score (nSPS) is 10.5. The molecule has 0 radical (unpaired) electrons. The first-order valence-electron chi connectivity index (χ1n) is 8.11. The second-order valence-electron chi connectivity index (χ2n) is 5.89. The van der Waals surface area contributed by atoms with E-state index in [2.05, 4.69) is 10.6 Å². The lowest BCUT2D eigenvalue weighted by molar-refractivity contribution is 0.0949. The first-order valence-corrected chi connectivity index (χ1v) is 9.37. The summed E-state index contributed by atoms with van der Waals surface area (Å²) in [6.45, 7) is 1.87. The van der Waals surface area contributed by atoms with E-state index < -0.39 is 0 Å². The van der Waals surface area contributed by atoms with E-state index in [0.29, 0.717) is 32.3 Å². The lowest BCUT2D eigenvalue weighted by Crippen LogP contribution is -2.23. The van der Waals surface area contributed by atoms with E-state index in [0.717, 1.165) is 0 Å². The third kappa shape index (κ3) is 4.72. The number of hydrogen-bond acceptors (Lipinski definition) is 3. The standard InChI is InChI=1S/C20H16ClFN2O2S/c1-12-4-5-13(9-16(12)22)11-23-19(25)14-6-7-15(21)17(10-14)24-20(26)18-3-2-8-27-18/h2-10H,11H2,1H3,(H,23,25)(H,24,26). The Balaban J connectivity index is 1.69. The number of rotatable bonds is 5. The second kappa shape index (κ2) is 8.33. The Bertz CT molecular complexity index is 990. The number of thiophene rings is 1. The van der Waals surface area contributed by atoms with Gasteiger partial charge in [-0.05, 0) is 53.8 Å². The Morgan fingerprint density at radius 2 is 1.93 bits per heavy atom. The highest BCUT2D eigenvalue weighted by atomic mass is 35.5. The predicted octanol–water partition coefficient (Wildman–Crippen LogP) is 5.03. The zero-order valence-corrected chi connectivity index (χ0v) is 16.0. The summed E-state index contributed by atoms with van der Waals surface area (Å²) in [6, 6.07) is 12.9. The van der Waals surface area contributed by atoms with Gasteiger partial charge in [0, 0.05) is 12.1 Å². The summed E-state index contributed by atoms with van der Waals surface area (Å²) in [5.41, 5.74) is 1.90. The van der Waals surface area contributed by atoms with E-state index in [-0.39, 0.29) is 24.2 Å². The van der Waals surface area contributed by atoms with Crippen LogP contribution in [0.4, 0.5) is 10.1 Å². The number of carbonyl (C=O) groups is 2. The van der Waals surface area contributed by atoms with Crippen LogP contribution in [0.3, 0.4) is 0 Å². The molecule has 2 N–H and O–H groups in total. The molecule has 0 unspecified atom stereocenters. The average molecular weight is 403 g/mol. The van der Waals surface area contributed by atoms with Gasteiger partial charge in [-0.15, -0.1) is 11.3 Å². The topological polar surface area (TPSA) is 58.2 Å². The molecule has 138 valence electrons. The molecule has 7 heteroatoms. The number of carbonyl (C=O) groups excluding carboxylic acids is 2. The van der Waals surface area contributed by atoms with Gasteiger partial charge in [-0.2, -0.15) is 0 Å². The van der Waals surface area contributed by atoms with Crippen molar-refractivity contribution in [3.8, 4) is 0 Å². The molecular weight excluding hydrogens is 387 g/mol. The summed E-state index contributed by atoms with van der Waals surface area (Å²) in [4.78, 5) is 25.1. The molecule has 1 heterocycles. The van der Waals surface area contributed by atoms with Gasteiger partial charge in [0.05, 0.1) is 15.6 Å². The quantitative estimate of drug-likeness (QED) is 0.628. The molecule has 1 aromatic heterocycles. The largest absolute Gasteiger partial charge is 0.348 e. The van der Waals surface area contributed by atoms with Crippen molar-refractivity contribution in [1.82, 2.24) is 5.32 Å². The number of halogens is 2. The molecule has 3 rings (SSSR count). The maximum atomic E-state index is 13.6. The van der Waals surface area contributed by atoms with E-state index in [4.69, 9.17) is 11.6 Å². The Kier molecular flexibility index (Phi) is 5.88. The van der Waals surface area contributed by atoms with E-state index in [9.17, 15) is 14.0 Å². The molecular formula is C20H16ClFN2O2S. The number of benzene rings is 2. The van der Waals surface area contributed by atoms with Crippen LogP contribution in [0.15, 0.2) is 53.9 Å². The number of amides is 2. The molecule has 27 heavy (non-hydrogen) atoms. The average Bonchev–Trinajstić information content (AvgIpc) is 3.19.